The highest BCUT2D eigenvalue weighted by molar-refractivity contribution is 7.89. The number of carbonyl (C=O) groups excluding carboxylic acids is 1. The fourth-order valence-electron chi connectivity index (χ4n) is 2.08. The van der Waals surface area contributed by atoms with Crippen LogP contribution in [0, 0.1) is 0 Å². The van der Waals surface area contributed by atoms with E-state index in [2.05, 4.69) is 16.0 Å². The van der Waals surface area contributed by atoms with E-state index in [0.29, 0.717) is 5.69 Å². The fraction of sp³-hybridized carbons (Fsp3) is 0.125. The maximum absolute atomic E-state index is 12.4. The van der Waals surface area contributed by atoms with E-state index in [4.69, 9.17) is 63.8 Å². The predicted octanol–water partition coefficient (Wildman–Crippen LogP) is 3.40. The van der Waals surface area contributed by atoms with Gasteiger partial charge in [-0.2, -0.15) is 0 Å². The molecule has 0 aliphatic rings. The monoisotopic (exact) mass is 514 g/mol. The van der Waals surface area contributed by atoms with Crippen molar-refractivity contribution in [1.29, 1.82) is 0 Å². The minimum absolute atomic E-state index is 0.00383. The van der Waals surface area contributed by atoms with Gasteiger partial charge in [-0.15, -0.1) is 0 Å². The molecule has 0 radical (unpaired) electrons. The number of sulfonamides is 1. The number of nitrogens with one attached hydrogen (secondary N) is 3. The molecule has 0 aliphatic heterocycles. The lowest BCUT2D eigenvalue weighted by Gasteiger charge is -2.28. The molecule has 0 fully saturated rings. The van der Waals surface area contributed by atoms with E-state index in [1.54, 1.807) is 18.2 Å². The molecule has 2 aromatic rings. The Hall–Kier alpha value is -1.33. The van der Waals surface area contributed by atoms with Gasteiger partial charge in [0.15, 0.2) is 5.11 Å². The van der Waals surface area contributed by atoms with Crippen LogP contribution >= 0.6 is 58.6 Å². The summed E-state index contributed by atoms with van der Waals surface area (Å²) in [6.07, 6.45) is -1.21. The van der Waals surface area contributed by atoms with Crippen LogP contribution in [-0.2, 0) is 10.0 Å². The highest BCUT2D eigenvalue weighted by Gasteiger charge is 2.35. The molecule has 0 bridgehead atoms. The van der Waals surface area contributed by atoms with Gasteiger partial charge in [0.1, 0.15) is 6.17 Å². The Bertz CT molecular complexity index is 1010. The van der Waals surface area contributed by atoms with Crippen molar-refractivity contribution in [3.63, 3.8) is 0 Å². The first kappa shape index (κ1) is 23.9. The second-order valence-corrected chi connectivity index (χ2v) is 10.3. The van der Waals surface area contributed by atoms with Gasteiger partial charge in [-0.1, -0.05) is 58.5 Å². The first-order chi connectivity index (χ1) is 13.4. The molecule has 0 heterocycles. The predicted molar refractivity (Wildman–Crippen MR) is 120 cm³/mol. The molecule has 0 spiro atoms. The van der Waals surface area contributed by atoms with Crippen LogP contribution in [0.25, 0.3) is 0 Å². The number of amides is 1. The summed E-state index contributed by atoms with van der Waals surface area (Å²) in [6, 6.07) is 11.8. The maximum Gasteiger partial charge on any atom is 0.254 e. The zero-order valence-corrected chi connectivity index (χ0v) is 19.0. The lowest BCUT2D eigenvalue weighted by molar-refractivity contribution is 0.0934. The molecule has 5 N–H and O–H groups in total. The highest BCUT2D eigenvalue weighted by Crippen LogP contribution is 2.29. The quantitative estimate of drug-likeness (QED) is 0.276. The van der Waals surface area contributed by atoms with Crippen molar-refractivity contribution in [2.45, 2.75) is 14.9 Å². The molecule has 156 valence electrons. The van der Waals surface area contributed by atoms with Crippen LogP contribution in [0.15, 0.2) is 53.4 Å². The van der Waals surface area contributed by atoms with E-state index in [1.165, 1.54) is 30.3 Å². The lowest BCUT2D eigenvalue weighted by Crippen LogP contribution is -2.56. The molecule has 0 unspecified atom stereocenters. The average Bonchev–Trinajstić information content (AvgIpc) is 2.60. The van der Waals surface area contributed by atoms with Gasteiger partial charge in [0.25, 0.3) is 5.91 Å². The zero-order chi connectivity index (χ0) is 21.8. The number of rotatable bonds is 5. The molecule has 0 saturated carbocycles. The molecule has 0 saturated heterocycles. The maximum atomic E-state index is 12.4. The summed E-state index contributed by atoms with van der Waals surface area (Å²) < 4.78 is 20.6. The number of halogens is 4. The van der Waals surface area contributed by atoms with E-state index in [-0.39, 0.29) is 20.6 Å². The molecule has 0 aliphatic carbocycles. The van der Waals surface area contributed by atoms with Crippen LogP contribution in [0.1, 0.15) is 10.4 Å². The van der Waals surface area contributed by atoms with Crippen LogP contribution < -0.4 is 21.1 Å². The SMILES string of the molecule is NS(=O)(=O)c1ccc(NC(=S)N[C@H](NC(=O)c2ccccc2Cl)C(Cl)(Cl)Cl)cc1. The summed E-state index contributed by atoms with van der Waals surface area (Å²) in [5.41, 5.74) is 0.628. The van der Waals surface area contributed by atoms with Crippen LogP contribution in [0.3, 0.4) is 0 Å². The van der Waals surface area contributed by atoms with E-state index in [0.717, 1.165) is 0 Å². The van der Waals surface area contributed by atoms with Crippen molar-refractivity contribution in [3.8, 4) is 0 Å². The topological polar surface area (TPSA) is 113 Å². The van der Waals surface area contributed by atoms with E-state index in [9.17, 15) is 13.2 Å². The van der Waals surface area contributed by atoms with Crippen LogP contribution in [-0.4, -0.2) is 29.4 Å². The Morgan fingerprint density at radius 1 is 1.03 bits per heavy atom. The number of hydrogen-bond acceptors (Lipinski definition) is 4. The fourth-order valence-corrected chi connectivity index (χ4v) is 3.38. The smallest absolute Gasteiger partial charge is 0.254 e. The number of carbonyl (C=O) groups is 1. The van der Waals surface area contributed by atoms with Gasteiger partial charge in [-0.3, -0.25) is 4.79 Å². The molecule has 2 rings (SSSR count). The third kappa shape index (κ3) is 7.14. The summed E-state index contributed by atoms with van der Waals surface area (Å²) in [4.78, 5) is 12.4. The summed E-state index contributed by atoms with van der Waals surface area (Å²) in [5, 5.41) is 13.2. The molecule has 29 heavy (non-hydrogen) atoms. The van der Waals surface area contributed by atoms with Gasteiger partial charge in [-0.05, 0) is 48.6 Å². The van der Waals surface area contributed by atoms with Crippen molar-refractivity contribution in [1.82, 2.24) is 10.6 Å². The Balaban J connectivity index is 2.09. The Morgan fingerprint density at radius 2 is 1.62 bits per heavy atom. The number of alkyl halides is 3. The molecular formula is C16H14Cl4N4O3S2. The van der Waals surface area contributed by atoms with E-state index >= 15 is 0 Å². The van der Waals surface area contributed by atoms with Crippen molar-refractivity contribution in [2.75, 3.05) is 5.32 Å². The van der Waals surface area contributed by atoms with Crippen molar-refractivity contribution >= 4 is 85.4 Å². The minimum Gasteiger partial charge on any atom is -0.339 e. The minimum atomic E-state index is -3.82. The third-order valence-electron chi connectivity index (χ3n) is 3.44. The van der Waals surface area contributed by atoms with Gasteiger partial charge in [0.05, 0.1) is 15.5 Å². The van der Waals surface area contributed by atoms with Gasteiger partial charge in [0.2, 0.25) is 13.8 Å². The summed E-state index contributed by atoms with van der Waals surface area (Å²) in [6.45, 7) is 0. The summed E-state index contributed by atoms with van der Waals surface area (Å²) >= 11 is 29.0. The van der Waals surface area contributed by atoms with Crippen molar-refractivity contribution < 1.29 is 13.2 Å². The second kappa shape index (κ2) is 9.65. The van der Waals surface area contributed by atoms with Crippen molar-refractivity contribution in [2.24, 2.45) is 5.14 Å². The Labute approximate surface area is 192 Å². The number of thiocarbonyl (C=S) groups is 1. The van der Waals surface area contributed by atoms with Crippen LogP contribution in [0.2, 0.25) is 5.02 Å². The van der Waals surface area contributed by atoms with Crippen LogP contribution in [0.5, 0.6) is 0 Å². The first-order valence-corrected chi connectivity index (χ1v) is 11.2. The molecule has 13 heteroatoms. The number of primary sulfonamides is 1. The van der Waals surface area contributed by atoms with E-state index < -0.39 is 25.9 Å². The number of benzene rings is 2. The Morgan fingerprint density at radius 3 is 2.14 bits per heavy atom. The molecule has 1 amide bonds. The molecule has 2 aromatic carbocycles. The molecule has 7 nitrogen and oxygen atoms in total. The third-order valence-corrected chi connectivity index (χ3v) is 5.57. The summed E-state index contributed by atoms with van der Waals surface area (Å²) in [5.74, 6) is -0.584. The van der Waals surface area contributed by atoms with Gasteiger partial charge >= 0.3 is 0 Å². The van der Waals surface area contributed by atoms with E-state index in [1.807, 2.05) is 0 Å². The number of hydrogen-bond donors (Lipinski definition) is 4. The molecular weight excluding hydrogens is 502 g/mol. The van der Waals surface area contributed by atoms with Gasteiger partial charge in [-0.25, -0.2) is 13.6 Å². The largest absolute Gasteiger partial charge is 0.339 e. The zero-order valence-electron chi connectivity index (χ0n) is 14.3. The summed E-state index contributed by atoms with van der Waals surface area (Å²) in [7, 11) is -3.82. The molecule has 1 atom stereocenters. The van der Waals surface area contributed by atoms with Gasteiger partial charge < -0.3 is 16.0 Å². The lowest BCUT2D eigenvalue weighted by atomic mass is 10.2. The van der Waals surface area contributed by atoms with Crippen molar-refractivity contribution in [3.05, 3.63) is 59.1 Å². The first-order valence-electron chi connectivity index (χ1n) is 7.70. The second-order valence-electron chi connectivity index (χ2n) is 5.60. The molecule has 0 aromatic heterocycles. The Kier molecular flexibility index (Phi) is 7.97. The number of anilines is 1. The van der Waals surface area contributed by atoms with Crippen LogP contribution in [0.4, 0.5) is 5.69 Å². The average molecular weight is 516 g/mol. The standard InChI is InChI=1S/C16H14Cl4N4O3S2/c17-12-4-2-1-3-11(12)13(25)23-14(16(18,19)20)24-15(28)22-9-5-7-10(8-6-9)29(21,26)27/h1-8,14H,(H,23,25)(H2,21,26,27)(H2,22,24,28)/t14-/m0/s1. The number of nitrogens with two attached hydrogens (primary N) is 1. The normalized spacial score (nSPS) is 12.7. The highest BCUT2D eigenvalue weighted by atomic mass is 35.6. The van der Waals surface area contributed by atoms with Gasteiger partial charge in [0, 0.05) is 5.69 Å².